The molecule has 0 amide bonds. The number of para-hydroxylation sites is 1. The molecule has 0 saturated heterocycles. The lowest BCUT2D eigenvalue weighted by Gasteiger charge is -2.18. The van der Waals surface area contributed by atoms with E-state index in [2.05, 4.69) is 9.88 Å². The third kappa shape index (κ3) is 2.77. The number of aromatic nitrogens is 1. The molecule has 0 spiro atoms. The number of aryl methyl sites for hydroxylation is 1. The first-order valence-corrected chi connectivity index (χ1v) is 6.81. The maximum absolute atomic E-state index is 10.3. The lowest BCUT2D eigenvalue weighted by molar-refractivity contribution is 0.0199. The molecular formula is C16H22N2O2. The van der Waals surface area contributed by atoms with Gasteiger partial charge < -0.3 is 20.1 Å². The van der Waals surface area contributed by atoms with Gasteiger partial charge in [-0.15, -0.1) is 0 Å². The van der Waals surface area contributed by atoms with Gasteiger partial charge in [0.25, 0.3) is 0 Å². The number of rotatable bonds is 5. The van der Waals surface area contributed by atoms with Gasteiger partial charge in [-0.25, -0.2) is 0 Å². The third-order valence-electron chi connectivity index (χ3n) is 3.58. The van der Waals surface area contributed by atoms with Crippen LogP contribution in [0.1, 0.15) is 23.1 Å². The number of aliphatic hydroxyl groups excluding tert-OH is 2. The molecule has 4 nitrogen and oxygen atoms in total. The molecule has 0 bridgehead atoms. The first-order chi connectivity index (χ1) is 9.56. The van der Waals surface area contributed by atoms with E-state index in [1.54, 1.807) is 7.05 Å². The highest BCUT2D eigenvalue weighted by Crippen LogP contribution is 2.27. The summed E-state index contributed by atoms with van der Waals surface area (Å²) >= 11 is 0. The second kappa shape index (κ2) is 6.22. The van der Waals surface area contributed by atoms with E-state index in [0.29, 0.717) is 6.54 Å². The van der Waals surface area contributed by atoms with Gasteiger partial charge in [-0.1, -0.05) is 18.2 Å². The van der Waals surface area contributed by atoms with Crippen molar-refractivity contribution in [3.63, 3.8) is 0 Å². The van der Waals surface area contributed by atoms with Gasteiger partial charge in [0.2, 0.25) is 0 Å². The van der Waals surface area contributed by atoms with Crippen molar-refractivity contribution in [1.29, 1.82) is 0 Å². The maximum atomic E-state index is 10.3. The molecule has 2 atom stereocenters. The second-order valence-corrected chi connectivity index (χ2v) is 5.07. The van der Waals surface area contributed by atoms with Crippen LogP contribution in [0.15, 0.2) is 36.4 Å². The fourth-order valence-corrected chi connectivity index (χ4v) is 2.59. The third-order valence-corrected chi connectivity index (χ3v) is 3.58. The molecule has 0 aliphatic rings. The summed E-state index contributed by atoms with van der Waals surface area (Å²) in [5.41, 5.74) is 3.83. The van der Waals surface area contributed by atoms with Gasteiger partial charge in [-0.3, -0.25) is 0 Å². The maximum Gasteiger partial charge on any atom is 0.108 e. The molecule has 1 aromatic carbocycles. The molecule has 4 heteroatoms. The summed E-state index contributed by atoms with van der Waals surface area (Å²) in [7, 11) is 1.75. The smallest absolute Gasteiger partial charge is 0.108 e. The van der Waals surface area contributed by atoms with Crippen LogP contribution >= 0.6 is 0 Å². The molecule has 1 heterocycles. The molecule has 2 aromatic rings. The van der Waals surface area contributed by atoms with Crippen molar-refractivity contribution >= 4 is 0 Å². The second-order valence-electron chi connectivity index (χ2n) is 5.07. The Hall–Kier alpha value is -1.62. The summed E-state index contributed by atoms with van der Waals surface area (Å²) in [6.45, 7) is 4.32. The fraction of sp³-hybridized carbons (Fsp3) is 0.375. The number of hydrogen-bond acceptors (Lipinski definition) is 3. The van der Waals surface area contributed by atoms with Crippen molar-refractivity contribution in [2.75, 3.05) is 13.6 Å². The minimum absolute atomic E-state index is 0.357. The molecule has 0 saturated carbocycles. The van der Waals surface area contributed by atoms with Crippen LogP contribution in [0.4, 0.5) is 0 Å². The van der Waals surface area contributed by atoms with Crippen LogP contribution in [0, 0.1) is 13.8 Å². The number of aliphatic hydroxyl groups is 2. The zero-order chi connectivity index (χ0) is 14.7. The number of nitrogens with one attached hydrogen (secondary N) is 1. The predicted molar refractivity (Wildman–Crippen MR) is 80.1 cm³/mol. The number of hydrogen-bond donors (Lipinski definition) is 3. The zero-order valence-corrected chi connectivity index (χ0v) is 12.2. The Morgan fingerprint density at radius 2 is 1.80 bits per heavy atom. The highest BCUT2D eigenvalue weighted by Gasteiger charge is 2.23. The Morgan fingerprint density at radius 3 is 2.40 bits per heavy atom. The molecule has 0 aliphatic carbocycles. The Bertz CT molecular complexity index is 563. The molecule has 0 aliphatic heterocycles. The molecule has 0 radical (unpaired) electrons. The lowest BCUT2D eigenvalue weighted by Crippen LogP contribution is -2.29. The van der Waals surface area contributed by atoms with Crippen molar-refractivity contribution in [1.82, 2.24) is 9.88 Å². The summed E-state index contributed by atoms with van der Waals surface area (Å²) in [6, 6.07) is 11.9. The van der Waals surface area contributed by atoms with Gasteiger partial charge >= 0.3 is 0 Å². The Balaban J connectivity index is 2.39. The van der Waals surface area contributed by atoms with Gasteiger partial charge in [0, 0.05) is 29.2 Å². The van der Waals surface area contributed by atoms with E-state index in [1.807, 2.05) is 50.2 Å². The van der Waals surface area contributed by atoms with E-state index in [9.17, 15) is 10.2 Å². The highest BCUT2D eigenvalue weighted by molar-refractivity contribution is 5.41. The van der Waals surface area contributed by atoms with Gasteiger partial charge in [-0.2, -0.15) is 0 Å². The first-order valence-electron chi connectivity index (χ1n) is 6.81. The van der Waals surface area contributed by atoms with Crippen LogP contribution in [0.25, 0.3) is 5.69 Å². The van der Waals surface area contributed by atoms with Crippen molar-refractivity contribution in [2.24, 2.45) is 0 Å². The van der Waals surface area contributed by atoms with E-state index in [0.717, 1.165) is 22.6 Å². The molecule has 0 fully saturated rings. The standard InChI is InChI=1S/C16H22N2O2/c1-11-9-14(16(20)15(19)10-17-3)12(2)18(11)13-7-5-4-6-8-13/h4-9,15-17,19-20H,10H2,1-3H3. The van der Waals surface area contributed by atoms with Crippen molar-refractivity contribution in [2.45, 2.75) is 26.1 Å². The van der Waals surface area contributed by atoms with Crippen molar-refractivity contribution < 1.29 is 10.2 Å². The zero-order valence-electron chi connectivity index (χ0n) is 12.2. The summed E-state index contributed by atoms with van der Waals surface area (Å²) in [6.07, 6.45) is -1.70. The lowest BCUT2D eigenvalue weighted by atomic mass is 10.0. The normalized spacial score (nSPS) is 14.2. The van der Waals surface area contributed by atoms with Gasteiger partial charge in [0.05, 0.1) is 6.10 Å². The minimum Gasteiger partial charge on any atom is -0.389 e. The van der Waals surface area contributed by atoms with E-state index in [4.69, 9.17) is 0 Å². The van der Waals surface area contributed by atoms with Gasteiger partial charge in [-0.05, 0) is 39.1 Å². The average molecular weight is 274 g/mol. The number of likely N-dealkylation sites (N-methyl/N-ethyl adjacent to an activating group) is 1. The summed E-state index contributed by atoms with van der Waals surface area (Å²) in [5, 5.41) is 23.1. The summed E-state index contributed by atoms with van der Waals surface area (Å²) in [5.74, 6) is 0. The van der Waals surface area contributed by atoms with E-state index < -0.39 is 12.2 Å². The molecule has 20 heavy (non-hydrogen) atoms. The monoisotopic (exact) mass is 274 g/mol. The average Bonchev–Trinajstić information content (AvgIpc) is 2.74. The Morgan fingerprint density at radius 1 is 1.15 bits per heavy atom. The van der Waals surface area contributed by atoms with Crippen LogP contribution in [0.5, 0.6) is 0 Å². The first kappa shape index (κ1) is 14.8. The largest absolute Gasteiger partial charge is 0.389 e. The van der Waals surface area contributed by atoms with Gasteiger partial charge in [0.1, 0.15) is 6.10 Å². The minimum atomic E-state index is -0.883. The number of nitrogens with zero attached hydrogens (tertiary/aromatic N) is 1. The molecular weight excluding hydrogens is 252 g/mol. The fourth-order valence-electron chi connectivity index (χ4n) is 2.59. The van der Waals surface area contributed by atoms with E-state index >= 15 is 0 Å². The molecule has 2 rings (SSSR count). The highest BCUT2D eigenvalue weighted by atomic mass is 16.3. The van der Waals surface area contributed by atoms with Crippen LogP contribution in [-0.2, 0) is 0 Å². The molecule has 3 N–H and O–H groups in total. The van der Waals surface area contributed by atoms with E-state index in [1.165, 1.54) is 0 Å². The SMILES string of the molecule is CNCC(O)C(O)c1cc(C)n(-c2ccccc2)c1C. The Labute approximate surface area is 119 Å². The quantitative estimate of drug-likeness (QED) is 0.778. The van der Waals surface area contributed by atoms with Crippen LogP contribution < -0.4 is 5.32 Å². The summed E-state index contributed by atoms with van der Waals surface area (Å²) < 4.78 is 2.09. The predicted octanol–water partition coefficient (Wildman–Crippen LogP) is 1.71. The molecule has 1 aromatic heterocycles. The van der Waals surface area contributed by atoms with Crippen LogP contribution in [-0.4, -0.2) is 34.5 Å². The van der Waals surface area contributed by atoms with Crippen molar-refractivity contribution in [3.8, 4) is 5.69 Å². The van der Waals surface area contributed by atoms with Crippen molar-refractivity contribution in [3.05, 3.63) is 53.3 Å². The topological polar surface area (TPSA) is 57.4 Å². The van der Waals surface area contributed by atoms with Crippen LogP contribution in [0.3, 0.4) is 0 Å². The molecule has 2 unspecified atom stereocenters. The van der Waals surface area contributed by atoms with Gasteiger partial charge in [0.15, 0.2) is 0 Å². The Kier molecular flexibility index (Phi) is 4.60. The number of benzene rings is 1. The summed E-state index contributed by atoms with van der Waals surface area (Å²) in [4.78, 5) is 0. The van der Waals surface area contributed by atoms with E-state index in [-0.39, 0.29) is 0 Å². The molecule has 108 valence electrons. The van der Waals surface area contributed by atoms with Crippen LogP contribution in [0.2, 0.25) is 0 Å².